The highest BCUT2D eigenvalue weighted by Gasteiger charge is 2.35. The van der Waals surface area contributed by atoms with Crippen LogP contribution in [0.2, 0.25) is 0 Å². The number of aliphatic carboxylic acids is 1. The molecule has 3 atom stereocenters. The van der Waals surface area contributed by atoms with Crippen molar-refractivity contribution in [3.63, 3.8) is 0 Å². The quantitative estimate of drug-likeness (QED) is 0.388. The highest BCUT2D eigenvalue weighted by Crippen LogP contribution is 2.35. The molecule has 36 heavy (non-hydrogen) atoms. The summed E-state index contributed by atoms with van der Waals surface area (Å²) in [4.78, 5) is 26.4. The predicted molar refractivity (Wildman–Crippen MR) is 145 cm³/mol. The molecular formula is C31H38N2O3. The first kappa shape index (κ1) is 25.9. The molecule has 0 spiro atoms. The van der Waals surface area contributed by atoms with Crippen LogP contribution in [0.15, 0.2) is 72.8 Å². The number of hydrogen-bond donors (Lipinski definition) is 2. The number of benzene rings is 3. The maximum Gasteiger partial charge on any atom is 0.303 e. The summed E-state index contributed by atoms with van der Waals surface area (Å²) in [6.45, 7) is 8.11. The first-order valence-corrected chi connectivity index (χ1v) is 13.0. The van der Waals surface area contributed by atoms with Gasteiger partial charge in [0.1, 0.15) is 0 Å². The van der Waals surface area contributed by atoms with E-state index in [1.165, 1.54) is 21.9 Å². The summed E-state index contributed by atoms with van der Waals surface area (Å²) in [7, 11) is 0. The fraction of sp³-hybridized carbons (Fsp3) is 0.419. The van der Waals surface area contributed by atoms with Crippen molar-refractivity contribution in [2.24, 2.45) is 11.3 Å². The van der Waals surface area contributed by atoms with E-state index in [9.17, 15) is 14.7 Å². The second-order valence-corrected chi connectivity index (χ2v) is 11.0. The van der Waals surface area contributed by atoms with Crippen LogP contribution >= 0.6 is 0 Å². The van der Waals surface area contributed by atoms with Crippen molar-refractivity contribution in [2.45, 2.75) is 52.0 Å². The molecule has 190 valence electrons. The maximum atomic E-state index is 13.2. The van der Waals surface area contributed by atoms with Crippen LogP contribution < -0.4 is 5.32 Å². The van der Waals surface area contributed by atoms with Gasteiger partial charge in [-0.15, -0.1) is 0 Å². The van der Waals surface area contributed by atoms with Gasteiger partial charge in [-0.2, -0.15) is 0 Å². The van der Waals surface area contributed by atoms with Crippen molar-refractivity contribution >= 4 is 22.6 Å². The Bertz CT molecular complexity index is 1190. The van der Waals surface area contributed by atoms with E-state index in [0.29, 0.717) is 19.0 Å². The van der Waals surface area contributed by atoms with Gasteiger partial charge in [-0.25, -0.2) is 0 Å². The lowest BCUT2D eigenvalue weighted by Crippen LogP contribution is -2.47. The number of carbonyl (C=O) groups is 2. The van der Waals surface area contributed by atoms with Gasteiger partial charge in [0, 0.05) is 32.1 Å². The van der Waals surface area contributed by atoms with E-state index in [1.807, 2.05) is 24.8 Å². The molecule has 3 aromatic rings. The molecule has 3 aromatic carbocycles. The van der Waals surface area contributed by atoms with Gasteiger partial charge in [-0.1, -0.05) is 86.6 Å². The monoisotopic (exact) mass is 486 g/mol. The standard InChI is InChI=1S/C31H38N2O3/c1-22(26-15-9-13-24-12-7-8-14-28(24)26)32-20-25-21-33(29(34)18-31(2,3)19-30(35)36)17-16-27(25)23-10-5-4-6-11-23/h4-15,22,25,27,32H,16-21H2,1-3H3,(H,35,36)/t22-,25?,27?/m1/s1. The molecule has 1 fully saturated rings. The third kappa shape index (κ3) is 6.33. The van der Waals surface area contributed by atoms with Crippen LogP contribution in [0.5, 0.6) is 0 Å². The summed E-state index contributed by atoms with van der Waals surface area (Å²) in [6.07, 6.45) is 1.15. The number of rotatable bonds is 9. The number of carboxylic acid groups (broad SMARTS) is 1. The van der Waals surface area contributed by atoms with Crippen LogP contribution in [0.25, 0.3) is 10.8 Å². The van der Waals surface area contributed by atoms with Gasteiger partial charge in [0.25, 0.3) is 0 Å². The van der Waals surface area contributed by atoms with Crippen molar-refractivity contribution < 1.29 is 14.7 Å². The number of fused-ring (bicyclic) bond motifs is 1. The summed E-state index contributed by atoms with van der Waals surface area (Å²) in [5.41, 5.74) is 2.04. The van der Waals surface area contributed by atoms with Crippen LogP contribution in [0, 0.1) is 11.3 Å². The van der Waals surface area contributed by atoms with Crippen LogP contribution in [-0.4, -0.2) is 41.5 Å². The van der Waals surface area contributed by atoms with E-state index in [1.54, 1.807) is 0 Å². The summed E-state index contributed by atoms with van der Waals surface area (Å²) >= 11 is 0. The molecule has 1 aliphatic heterocycles. The lowest BCUT2D eigenvalue weighted by molar-refractivity contribution is -0.141. The molecule has 5 nitrogen and oxygen atoms in total. The third-order valence-electron chi connectivity index (χ3n) is 7.55. The van der Waals surface area contributed by atoms with Crippen LogP contribution in [0.4, 0.5) is 0 Å². The fourth-order valence-corrected chi connectivity index (χ4v) is 5.66. The van der Waals surface area contributed by atoms with E-state index < -0.39 is 11.4 Å². The number of carboxylic acids is 1. The van der Waals surface area contributed by atoms with Crippen molar-refractivity contribution in [2.75, 3.05) is 19.6 Å². The Kier molecular flexibility index (Phi) is 8.10. The Morgan fingerprint density at radius 3 is 2.44 bits per heavy atom. The van der Waals surface area contributed by atoms with Gasteiger partial charge in [-0.3, -0.25) is 9.59 Å². The molecule has 1 aliphatic rings. The highest BCUT2D eigenvalue weighted by molar-refractivity contribution is 5.86. The summed E-state index contributed by atoms with van der Waals surface area (Å²) in [6, 6.07) is 25.7. The fourth-order valence-electron chi connectivity index (χ4n) is 5.66. The minimum atomic E-state index is -0.861. The zero-order valence-corrected chi connectivity index (χ0v) is 21.6. The summed E-state index contributed by atoms with van der Waals surface area (Å²) < 4.78 is 0. The molecule has 1 saturated heterocycles. The predicted octanol–water partition coefficient (Wildman–Crippen LogP) is 6.01. The van der Waals surface area contributed by atoms with Gasteiger partial charge in [0.05, 0.1) is 6.42 Å². The van der Waals surface area contributed by atoms with E-state index in [2.05, 4.69) is 79.0 Å². The first-order valence-electron chi connectivity index (χ1n) is 13.0. The zero-order chi connectivity index (χ0) is 25.7. The van der Waals surface area contributed by atoms with E-state index >= 15 is 0 Å². The smallest absolute Gasteiger partial charge is 0.303 e. The number of amides is 1. The summed E-state index contributed by atoms with van der Waals surface area (Å²) in [5.74, 6) is -0.167. The SMILES string of the molecule is C[C@@H](NCC1CN(C(=O)CC(C)(C)CC(=O)O)CCC1c1ccccc1)c1cccc2ccccc12. The maximum absolute atomic E-state index is 13.2. The number of nitrogens with zero attached hydrogens (tertiary/aromatic N) is 1. The Morgan fingerprint density at radius 1 is 1.00 bits per heavy atom. The molecule has 0 aliphatic carbocycles. The summed E-state index contributed by atoms with van der Waals surface area (Å²) in [5, 5.41) is 15.5. The normalized spacial score (nSPS) is 19.2. The van der Waals surface area contributed by atoms with E-state index in [-0.39, 0.29) is 30.7 Å². The molecule has 0 saturated carbocycles. The van der Waals surface area contributed by atoms with Crippen molar-refractivity contribution in [3.8, 4) is 0 Å². The highest BCUT2D eigenvalue weighted by atomic mass is 16.4. The second kappa shape index (κ2) is 11.3. The minimum Gasteiger partial charge on any atom is -0.481 e. The number of hydrogen-bond acceptors (Lipinski definition) is 3. The topological polar surface area (TPSA) is 69.6 Å². The largest absolute Gasteiger partial charge is 0.481 e. The van der Waals surface area contributed by atoms with Gasteiger partial charge < -0.3 is 15.3 Å². The average molecular weight is 487 g/mol. The van der Waals surface area contributed by atoms with Gasteiger partial charge in [-0.05, 0) is 52.5 Å². The van der Waals surface area contributed by atoms with Gasteiger partial charge in [0.2, 0.25) is 5.91 Å². The number of likely N-dealkylation sites (tertiary alicyclic amines) is 1. The first-order chi connectivity index (χ1) is 17.2. The molecular weight excluding hydrogens is 448 g/mol. The minimum absolute atomic E-state index is 0.00719. The molecule has 5 heteroatoms. The van der Waals surface area contributed by atoms with E-state index in [0.717, 1.165) is 13.0 Å². The Labute approximate surface area is 214 Å². The van der Waals surface area contributed by atoms with Crippen molar-refractivity contribution in [1.82, 2.24) is 10.2 Å². The molecule has 0 aromatic heterocycles. The van der Waals surface area contributed by atoms with Crippen molar-refractivity contribution in [1.29, 1.82) is 0 Å². The third-order valence-corrected chi connectivity index (χ3v) is 7.55. The lowest BCUT2D eigenvalue weighted by Gasteiger charge is -2.40. The molecule has 4 rings (SSSR count). The van der Waals surface area contributed by atoms with Crippen molar-refractivity contribution in [3.05, 3.63) is 83.9 Å². The van der Waals surface area contributed by atoms with Crippen LogP contribution in [0.3, 0.4) is 0 Å². The molecule has 0 bridgehead atoms. The number of carbonyl (C=O) groups excluding carboxylic acids is 1. The average Bonchev–Trinajstić information content (AvgIpc) is 2.86. The second-order valence-electron chi connectivity index (χ2n) is 11.0. The van der Waals surface area contributed by atoms with Gasteiger partial charge >= 0.3 is 5.97 Å². The van der Waals surface area contributed by atoms with E-state index in [4.69, 9.17) is 0 Å². The molecule has 2 N–H and O–H groups in total. The lowest BCUT2D eigenvalue weighted by atomic mass is 9.79. The van der Waals surface area contributed by atoms with Crippen LogP contribution in [0.1, 0.15) is 63.1 Å². The Balaban J connectivity index is 1.49. The Morgan fingerprint density at radius 2 is 1.69 bits per heavy atom. The van der Waals surface area contributed by atoms with Gasteiger partial charge in [0.15, 0.2) is 0 Å². The molecule has 1 heterocycles. The molecule has 1 amide bonds. The molecule has 2 unspecified atom stereocenters. The Hall–Kier alpha value is -3.18. The van der Waals surface area contributed by atoms with Crippen LogP contribution in [-0.2, 0) is 9.59 Å². The number of nitrogens with one attached hydrogen (secondary N) is 1. The zero-order valence-electron chi connectivity index (χ0n) is 21.6. The molecule has 0 radical (unpaired) electrons. The number of piperidine rings is 1.